The molecule has 10 aromatic rings. The van der Waals surface area contributed by atoms with Crippen LogP contribution in [0.2, 0.25) is 0 Å². The fourth-order valence-corrected chi connectivity index (χ4v) is 14.5. The molecule has 10 rings (SSSR count). The number of carbonyl (C=O) groups excluding carboxylic acids is 2. The van der Waals surface area contributed by atoms with E-state index < -0.39 is 0 Å². The molecule has 0 fully saturated rings. The number of aromatic nitrogens is 6. The number of amides is 4. The van der Waals surface area contributed by atoms with Crippen LogP contribution in [0.4, 0.5) is 102 Å². The number of benzene rings is 8. The van der Waals surface area contributed by atoms with Gasteiger partial charge in [-0.15, -0.1) is 0 Å². The molecule has 0 spiro atoms. The molecule has 718 valence electrons. The molecule has 2 atom stereocenters. The number of rotatable bonds is 57. The van der Waals surface area contributed by atoms with Crippen molar-refractivity contribution in [2.75, 3.05) is 158 Å². The maximum absolute atomic E-state index is 12.4. The van der Waals surface area contributed by atoms with Gasteiger partial charge in [0.25, 0.3) is 0 Å². The van der Waals surface area contributed by atoms with Crippen molar-refractivity contribution in [1.82, 2.24) is 51.2 Å². The van der Waals surface area contributed by atoms with Crippen LogP contribution >= 0.6 is 24.1 Å². The SMILES string of the molecule is CCCCC(CC)CNc1nc(N)nc(NCCCN(C)c2ccc(N=Nc3ccc(C)cc3)cc2)n1.CCCCC(CC)CNc1nc(N)nc(NCCCN(C)c2ccc(N=Nc3ccc(C)cc3)cc2)n1.CCN(CCNC(=O)NCCCCCCNC(=O)NCCN(CC)c1ccc(N=Nc2cccc(SOO[O-])c2)cc1)c1ccc(/C=C/c2cccc(SOO[O-])c2)cc1.[Na+].[Na+]. The fraction of sp³-hybridized carbons (Fsp3) is 0.408. The molecule has 2 unspecified atom stereocenters. The number of hydrogen-bond donors (Lipinski definition) is 10. The molecular weight excluding hydrogens is 1780 g/mol. The van der Waals surface area contributed by atoms with Crippen LogP contribution in [0.1, 0.15) is 154 Å². The molecule has 0 bridgehead atoms. The van der Waals surface area contributed by atoms with Gasteiger partial charge in [0.05, 0.1) is 58.2 Å². The second-order valence-corrected chi connectivity index (χ2v) is 33.4. The van der Waals surface area contributed by atoms with Crippen molar-refractivity contribution in [2.45, 2.75) is 155 Å². The fourth-order valence-electron chi connectivity index (χ4n) is 13.6. The van der Waals surface area contributed by atoms with Crippen molar-refractivity contribution in [3.63, 3.8) is 0 Å². The number of aryl methyl sites for hydroxylation is 2. The van der Waals surface area contributed by atoms with Gasteiger partial charge in [-0.1, -0.05) is 157 Å². The number of urea groups is 2. The number of likely N-dealkylation sites (N-methyl/N-ethyl adjacent to an activating group) is 2. The molecule has 0 saturated carbocycles. The summed E-state index contributed by atoms with van der Waals surface area (Å²) in [7, 11) is 4.16. The minimum Gasteiger partial charge on any atom is -0.691 e. The van der Waals surface area contributed by atoms with Crippen molar-refractivity contribution < 1.29 is 98.0 Å². The van der Waals surface area contributed by atoms with Gasteiger partial charge in [-0.2, -0.15) is 69.3 Å². The third kappa shape index (κ3) is 46.0. The molecule has 0 aliphatic rings. The molecule has 8 aromatic carbocycles. The van der Waals surface area contributed by atoms with Crippen molar-refractivity contribution in [2.24, 2.45) is 42.5 Å². The summed E-state index contributed by atoms with van der Waals surface area (Å²) in [5.41, 5.74) is 25.2. The van der Waals surface area contributed by atoms with Gasteiger partial charge in [-0.05, 0) is 229 Å². The number of nitrogens with zero attached hydrogens (tertiary/aromatic N) is 16. The predicted octanol–water partition coefficient (Wildman–Crippen LogP) is 14.7. The molecule has 0 saturated heterocycles. The monoisotopic (exact) mass is 1910 g/mol. The third-order valence-electron chi connectivity index (χ3n) is 21.6. The molecule has 136 heavy (non-hydrogen) atoms. The van der Waals surface area contributed by atoms with Crippen LogP contribution in [0, 0.1) is 25.7 Å². The second-order valence-electron chi connectivity index (χ2n) is 31.9. The molecule has 0 radical (unpaired) electrons. The summed E-state index contributed by atoms with van der Waals surface area (Å²) in [6.07, 6.45) is 19.0. The van der Waals surface area contributed by atoms with Gasteiger partial charge in [-0.3, -0.25) is 10.1 Å². The number of anilines is 10. The first-order valence-electron chi connectivity index (χ1n) is 46.2. The molecule has 0 aliphatic carbocycles. The zero-order valence-electron chi connectivity index (χ0n) is 81.0. The number of azo groups is 3. The van der Waals surface area contributed by atoms with Crippen LogP contribution in [-0.2, 0) is 18.7 Å². The summed E-state index contributed by atoms with van der Waals surface area (Å²) in [5, 5.41) is 77.7. The Labute approximate surface area is 855 Å². The normalized spacial score (nSPS) is 11.5. The van der Waals surface area contributed by atoms with E-state index >= 15 is 0 Å². The Balaban J connectivity index is 0.000000326. The molecular formula is C98H134N26Na2O8S2. The van der Waals surface area contributed by atoms with Gasteiger partial charge in [0.15, 0.2) is 0 Å². The van der Waals surface area contributed by atoms with Crippen LogP contribution in [-0.4, -0.2) is 148 Å². The summed E-state index contributed by atoms with van der Waals surface area (Å²) in [6.45, 7) is 27.1. The van der Waals surface area contributed by atoms with E-state index in [4.69, 9.17) is 11.5 Å². The average Bonchev–Trinajstić information content (AvgIpc) is 0.880. The van der Waals surface area contributed by atoms with Crippen molar-refractivity contribution in [3.8, 4) is 0 Å². The Morgan fingerprint density at radius 1 is 0.390 bits per heavy atom. The first kappa shape index (κ1) is 114. The van der Waals surface area contributed by atoms with Gasteiger partial charge < -0.3 is 84.1 Å². The van der Waals surface area contributed by atoms with Crippen LogP contribution in [0.5, 0.6) is 0 Å². The number of hydrogen-bond acceptors (Lipinski definition) is 32. The number of unbranched alkanes of at least 4 members (excludes halogenated alkanes) is 5. The maximum Gasteiger partial charge on any atom is 1.00 e. The quantitative estimate of drug-likeness (QED) is 0.00322. The first-order valence-corrected chi connectivity index (χ1v) is 47.7. The van der Waals surface area contributed by atoms with E-state index in [0.717, 1.165) is 189 Å². The summed E-state index contributed by atoms with van der Waals surface area (Å²) in [4.78, 5) is 60.8. The van der Waals surface area contributed by atoms with Gasteiger partial charge in [0.2, 0.25) is 35.7 Å². The van der Waals surface area contributed by atoms with E-state index in [2.05, 4.69) is 247 Å². The van der Waals surface area contributed by atoms with E-state index in [9.17, 15) is 20.1 Å². The Hall–Kier alpha value is -10.7. The van der Waals surface area contributed by atoms with E-state index in [1.54, 1.807) is 24.3 Å². The summed E-state index contributed by atoms with van der Waals surface area (Å²) in [5.74, 6) is 3.72. The standard InChI is InChI=1S/C42H54N8O8S2.2C28H41N9.2Na/c1-3-49(37-21-17-33(18-22-37)15-16-34-11-9-13-39(31-34)59-57-55-53)29-27-45-41(51)43-25-7-5-6-8-26-44-42(52)46-28-30-50(4-2)38-23-19-35(20-24-38)47-48-36-12-10-14-40(32-36)60-58-56-54;2*1-5-7-9-22(6-2)20-31-28-33-26(29)32-27(34-28)30-18-8-19-37(4)25-16-14-24(15-17-25)36-35-23-12-10-21(3)11-13-23;;/h9-24,31-32,53-54H,3-8,25-30H2,1-2H3,(H2,43,45,51)(H2,44,46,52);2*10-17,22H,5-9,18-20H2,1-4H3,(H4,29,30,31,32,33,34);;/q;;;2*+1/p-2/b16-15+,48-47?;;;;. The maximum atomic E-state index is 12.4. The van der Waals surface area contributed by atoms with Crippen LogP contribution in [0.15, 0.2) is 235 Å². The molecule has 0 aliphatic heterocycles. The number of nitrogens with two attached hydrogens (primary N) is 2. The Kier molecular flexibility index (Phi) is 56.6. The first-order chi connectivity index (χ1) is 65.3. The largest absolute Gasteiger partial charge is 1.00 e. The van der Waals surface area contributed by atoms with E-state index in [-0.39, 0.29) is 83.1 Å². The van der Waals surface area contributed by atoms with Gasteiger partial charge >= 0.3 is 71.2 Å². The molecule has 2 aromatic heterocycles. The Morgan fingerprint density at radius 3 is 1.13 bits per heavy atom. The Bertz CT molecular complexity index is 4800. The zero-order chi connectivity index (χ0) is 95.5. The van der Waals surface area contributed by atoms with Gasteiger partial charge in [0, 0.05) is 138 Å². The summed E-state index contributed by atoms with van der Waals surface area (Å²) >= 11 is 1.65. The summed E-state index contributed by atoms with van der Waals surface area (Å²) < 4.78 is 8.73. The van der Waals surface area contributed by atoms with Crippen molar-refractivity contribution in [3.05, 3.63) is 216 Å². The zero-order valence-corrected chi connectivity index (χ0v) is 86.6. The average molecular weight is 1910 g/mol. The third-order valence-corrected chi connectivity index (χ3v) is 22.7. The second kappa shape index (κ2) is 67.5. The van der Waals surface area contributed by atoms with E-state index in [1.807, 2.05) is 146 Å². The summed E-state index contributed by atoms with van der Waals surface area (Å²) in [6, 6.07) is 62.3. The molecule has 12 N–H and O–H groups in total. The molecule has 38 heteroatoms. The number of nitrogens with one attached hydrogen (secondary N) is 8. The molecule has 4 amide bonds. The van der Waals surface area contributed by atoms with E-state index in [1.165, 1.54) is 49.7 Å². The number of carbonyl (C=O) groups is 2. The molecule has 2 heterocycles. The smallest absolute Gasteiger partial charge is 0.691 e. The number of nitrogen functional groups attached to an aromatic ring is 2. The van der Waals surface area contributed by atoms with Crippen molar-refractivity contribution >= 4 is 141 Å². The predicted molar refractivity (Wildman–Crippen MR) is 540 cm³/mol. The van der Waals surface area contributed by atoms with E-state index in [0.29, 0.717) is 91.2 Å². The Morgan fingerprint density at radius 2 is 0.743 bits per heavy atom. The van der Waals surface area contributed by atoms with Crippen LogP contribution in [0.3, 0.4) is 0 Å². The van der Waals surface area contributed by atoms with Crippen LogP contribution in [0.25, 0.3) is 12.2 Å². The van der Waals surface area contributed by atoms with Gasteiger partial charge in [-0.25, -0.2) is 9.59 Å². The van der Waals surface area contributed by atoms with Crippen LogP contribution < -0.4 is 143 Å². The topological polar surface area (TPSA) is 430 Å². The van der Waals surface area contributed by atoms with Gasteiger partial charge in [0.1, 0.15) is 0 Å². The van der Waals surface area contributed by atoms with Crippen molar-refractivity contribution in [1.29, 1.82) is 0 Å². The molecule has 34 nitrogen and oxygen atoms in total. The minimum atomic E-state index is -0.194. The minimum absolute atomic E-state index is 0.